The highest BCUT2D eigenvalue weighted by Gasteiger charge is 2.67. The number of aliphatic imine (C=N–C) groups is 1. The maximum absolute atomic E-state index is 15.3. The summed E-state index contributed by atoms with van der Waals surface area (Å²) in [7, 11) is 1.83. The summed E-state index contributed by atoms with van der Waals surface area (Å²) in [4.78, 5) is 23.1. The molecule has 1 amide bonds. The summed E-state index contributed by atoms with van der Waals surface area (Å²) in [6, 6.07) is 28.0. The van der Waals surface area contributed by atoms with Crippen molar-refractivity contribution in [3.05, 3.63) is 107 Å². The molecular weight excluding hydrogens is 524 g/mol. The van der Waals surface area contributed by atoms with E-state index < -0.39 is 5.54 Å². The fourth-order valence-corrected chi connectivity index (χ4v) is 8.89. The minimum absolute atomic E-state index is 0.111. The fraction of sp³-hybridized carbons (Fsp3) is 0.444. The van der Waals surface area contributed by atoms with Gasteiger partial charge in [0.05, 0.1) is 12.1 Å². The van der Waals surface area contributed by atoms with Gasteiger partial charge in [0, 0.05) is 17.8 Å². The maximum Gasteiger partial charge on any atom is 0.262 e. The van der Waals surface area contributed by atoms with Crippen molar-refractivity contribution in [1.29, 1.82) is 0 Å². The Kier molecular flexibility index (Phi) is 6.86. The molecule has 1 unspecified atom stereocenters. The third-order valence-electron chi connectivity index (χ3n) is 10.3. The van der Waals surface area contributed by atoms with Crippen LogP contribution < -0.4 is 0 Å². The molecule has 0 radical (unpaired) electrons. The van der Waals surface area contributed by atoms with Crippen LogP contribution in [0.2, 0.25) is 0 Å². The first kappa shape index (κ1) is 27.0. The van der Waals surface area contributed by atoms with Gasteiger partial charge in [0.1, 0.15) is 0 Å². The standard InChI is InChI=1S/C36H40N2O2S/c1-24(26-10-6-4-7-11-26)38-33(39)36(37-34(38)41-25(2)27-12-8-5-9-13-27)32-22-29(28-14-15-28)16-17-30(32)23-35(36)20-18-31(40-3)19-21-35/h4-13,16-17,22,24-25,28,31H,14-15,18-21,23H2,1-3H3/t24-,25+,31?,35?,36?/m1/s1. The lowest BCUT2D eigenvalue weighted by atomic mass is 9.61. The lowest BCUT2D eigenvalue weighted by Gasteiger charge is -2.45. The summed E-state index contributed by atoms with van der Waals surface area (Å²) < 4.78 is 5.81. The van der Waals surface area contributed by atoms with Crippen LogP contribution in [0.3, 0.4) is 0 Å². The maximum atomic E-state index is 15.3. The van der Waals surface area contributed by atoms with Crippen molar-refractivity contribution in [3.8, 4) is 0 Å². The van der Waals surface area contributed by atoms with Gasteiger partial charge in [0.25, 0.3) is 5.91 Å². The average Bonchev–Trinajstić information content (AvgIpc) is 3.78. The van der Waals surface area contributed by atoms with Crippen LogP contribution in [0.15, 0.2) is 83.9 Å². The average molecular weight is 565 g/mol. The number of methoxy groups -OCH3 is 1. The molecule has 2 spiro atoms. The van der Waals surface area contributed by atoms with Gasteiger partial charge in [0.15, 0.2) is 10.7 Å². The van der Waals surface area contributed by atoms with Crippen LogP contribution in [-0.4, -0.2) is 29.2 Å². The lowest BCUT2D eigenvalue weighted by molar-refractivity contribution is -0.139. The van der Waals surface area contributed by atoms with Gasteiger partial charge >= 0.3 is 0 Å². The number of fused-ring (bicyclic) bond motifs is 3. The number of amides is 1. The smallest absolute Gasteiger partial charge is 0.262 e. The number of carbonyl (C=O) groups excluding carboxylic acids is 1. The summed E-state index contributed by atoms with van der Waals surface area (Å²) in [6.07, 6.45) is 7.52. The quantitative estimate of drug-likeness (QED) is 0.302. The molecule has 4 aliphatic rings. The molecule has 3 atom stereocenters. The second-order valence-corrected chi connectivity index (χ2v) is 13.9. The number of thioether (sulfide) groups is 1. The molecule has 41 heavy (non-hydrogen) atoms. The summed E-state index contributed by atoms with van der Waals surface area (Å²) >= 11 is 1.74. The zero-order valence-corrected chi connectivity index (χ0v) is 25.2. The summed E-state index contributed by atoms with van der Waals surface area (Å²) in [5, 5.41) is 1.03. The van der Waals surface area contributed by atoms with Gasteiger partial charge in [0.2, 0.25) is 0 Å². The molecule has 0 bridgehead atoms. The molecule has 2 fully saturated rings. The van der Waals surface area contributed by atoms with Crippen molar-refractivity contribution < 1.29 is 9.53 Å². The molecule has 7 rings (SSSR count). The van der Waals surface area contributed by atoms with E-state index in [9.17, 15) is 0 Å². The molecule has 0 N–H and O–H groups in total. The van der Waals surface area contributed by atoms with E-state index in [1.807, 2.05) is 13.2 Å². The zero-order chi connectivity index (χ0) is 28.2. The second kappa shape index (κ2) is 10.4. The number of benzene rings is 3. The number of carbonyl (C=O) groups is 1. The Hall–Kier alpha value is -2.89. The first-order chi connectivity index (χ1) is 20.0. The van der Waals surface area contributed by atoms with Crippen LogP contribution >= 0.6 is 11.8 Å². The Bertz CT molecular complexity index is 1460. The van der Waals surface area contributed by atoms with Gasteiger partial charge in [-0.15, -0.1) is 0 Å². The van der Waals surface area contributed by atoms with Gasteiger partial charge in [-0.25, -0.2) is 4.99 Å². The lowest BCUT2D eigenvalue weighted by Crippen LogP contribution is -2.52. The van der Waals surface area contributed by atoms with Gasteiger partial charge in [-0.3, -0.25) is 9.69 Å². The number of amidine groups is 1. The van der Waals surface area contributed by atoms with Gasteiger partial charge in [-0.1, -0.05) is 90.6 Å². The van der Waals surface area contributed by atoms with Crippen LogP contribution in [0, 0.1) is 5.41 Å². The van der Waals surface area contributed by atoms with Gasteiger partial charge in [-0.2, -0.15) is 0 Å². The Morgan fingerprint density at radius 2 is 1.56 bits per heavy atom. The largest absolute Gasteiger partial charge is 0.381 e. The number of rotatable bonds is 6. The van der Waals surface area contributed by atoms with Crippen molar-refractivity contribution in [2.24, 2.45) is 10.4 Å². The number of hydrogen-bond donors (Lipinski definition) is 0. The molecule has 0 saturated heterocycles. The third-order valence-corrected chi connectivity index (χ3v) is 11.4. The molecule has 5 heteroatoms. The zero-order valence-electron chi connectivity index (χ0n) is 24.4. The van der Waals surface area contributed by atoms with Crippen molar-refractivity contribution >= 4 is 22.8 Å². The molecule has 212 valence electrons. The third kappa shape index (κ3) is 4.39. The highest BCUT2D eigenvalue weighted by Crippen LogP contribution is 2.64. The minimum Gasteiger partial charge on any atom is -0.381 e. The van der Waals surface area contributed by atoms with Gasteiger partial charge in [-0.05, 0) is 92.5 Å². The molecule has 4 nitrogen and oxygen atoms in total. The van der Waals surface area contributed by atoms with Gasteiger partial charge < -0.3 is 4.74 Å². The number of ether oxygens (including phenoxy) is 1. The van der Waals surface area contributed by atoms with Crippen molar-refractivity contribution in [3.63, 3.8) is 0 Å². The van der Waals surface area contributed by atoms with Crippen LogP contribution in [0.5, 0.6) is 0 Å². The predicted molar refractivity (Wildman–Crippen MR) is 167 cm³/mol. The van der Waals surface area contributed by atoms with Crippen molar-refractivity contribution in [2.75, 3.05) is 7.11 Å². The monoisotopic (exact) mass is 564 g/mol. The van der Waals surface area contributed by atoms with E-state index >= 15 is 4.79 Å². The Balaban J connectivity index is 1.38. The first-order valence-electron chi connectivity index (χ1n) is 15.3. The van der Waals surface area contributed by atoms with E-state index in [2.05, 4.69) is 91.5 Å². The molecule has 1 aliphatic heterocycles. The number of hydrogen-bond acceptors (Lipinski definition) is 4. The van der Waals surface area contributed by atoms with Crippen molar-refractivity contribution in [1.82, 2.24) is 4.90 Å². The van der Waals surface area contributed by atoms with Crippen LogP contribution in [0.25, 0.3) is 0 Å². The second-order valence-electron chi connectivity index (χ2n) is 12.6. The number of nitrogens with zero attached hydrogens (tertiary/aromatic N) is 2. The van der Waals surface area contributed by atoms with Crippen LogP contribution in [-0.2, 0) is 21.5 Å². The molecule has 3 aromatic rings. The highest BCUT2D eigenvalue weighted by molar-refractivity contribution is 8.14. The molecule has 2 saturated carbocycles. The van der Waals surface area contributed by atoms with E-state index in [1.165, 1.54) is 35.1 Å². The molecule has 0 aromatic heterocycles. The first-order valence-corrected chi connectivity index (χ1v) is 16.2. The minimum atomic E-state index is -0.881. The summed E-state index contributed by atoms with van der Waals surface area (Å²) in [5.74, 6) is 0.795. The topological polar surface area (TPSA) is 41.9 Å². The normalized spacial score (nSPS) is 28.7. The van der Waals surface area contributed by atoms with E-state index in [-0.39, 0.29) is 28.7 Å². The SMILES string of the molecule is COC1CCC2(CC1)Cc1ccc(C3CC3)cc1C21N=C(S[C@@H](C)c2ccccc2)N([C@H](C)c2ccccc2)C1=O. The molecule has 3 aliphatic carbocycles. The van der Waals surface area contributed by atoms with Crippen LogP contribution in [0.4, 0.5) is 0 Å². The van der Waals surface area contributed by atoms with E-state index in [0.29, 0.717) is 5.92 Å². The van der Waals surface area contributed by atoms with E-state index in [1.54, 1.807) is 11.8 Å². The summed E-state index contributed by atoms with van der Waals surface area (Å²) in [6.45, 7) is 4.40. The van der Waals surface area contributed by atoms with Crippen LogP contribution in [0.1, 0.15) is 97.4 Å². The Morgan fingerprint density at radius 3 is 2.20 bits per heavy atom. The summed E-state index contributed by atoms with van der Waals surface area (Å²) in [5.41, 5.74) is 5.16. The molecular formula is C36H40N2O2S. The predicted octanol–water partition coefficient (Wildman–Crippen LogP) is 8.34. The van der Waals surface area contributed by atoms with E-state index in [4.69, 9.17) is 9.73 Å². The Morgan fingerprint density at radius 1 is 0.902 bits per heavy atom. The van der Waals surface area contributed by atoms with Crippen molar-refractivity contribution in [2.45, 2.75) is 87.6 Å². The molecule has 3 aromatic carbocycles. The highest BCUT2D eigenvalue weighted by atomic mass is 32.2. The Labute approximate surface area is 248 Å². The molecule has 1 heterocycles. The van der Waals surface area contributed by atoms with E-state index in [0.717, 1.165) is 42.8 Å². The fourth-order valence-electron chi connectivity index (χ4n) is 7.73.